The van der Waals surface area contributed by atoms with Gasteiger partial charge in [0.1, 0.15) is 11.9 Å². The Hall–Kier alpha value is -2.21. The molecular formula is C17H14BrFN2O2. The van der Waals surface area contributed by atoms with E-state index in [4.69, 9.17) is 0 Å². The molecule has 118 valence electrons. The molecular weight excluding hydrogens is 363 g/mol. The number of carbonyl (C=O) groups excluding carboxylic acids is 2. The van der Waals surface area contributed by atoms with Gasteiger partial charge in [-0.1, -0.05) is 22.0 Å². The summed E-state index contributed by atoms with van der Waals surface area (Å²) >= 11 is 3.35. The molecule has 0 saturated carbocycles. The summed E-state index contributed by atoms with van der Waals surface area (Å²) in [6, 6.07) is 12.2. The van der Waals surface area contributed by atoms with E-state index in [9.17, 15) is 14.0 Å². The van der Waals surface area contributed by atoms with Crippen molar-refractivity contribution in [1.29, 1.82) is 0 Å². The van der Waals surface area contributed by atoms with Crippen molar-refractivity contribution in [2.75, 3.05) is 10.2 Å². The fourth-order valence-electron chi connectivity index (χ4n) is 2.65. The number of nitrogens with zero attached hydrogens (tertiary/aromatic N) is 1. The molecule has 1 aliphatic heterocycles. The van der Waals surface area contributed by atoms with Crippen LogP contribution in [0.3, 0.4) is 0 Å². The lowest BCUT2D eigenvalue weighted by atomic mass is 10.2. The SMILES string of the molecule is O=C(Nc1cccc(Br)c1)C1CCC(=O)N1c1ccc(F)cc1. The number of halogens is 2. The van der Waals surface area contributed by atoms with Crippen molar-refractivity contribution in [1.82, 2.24) is 0 Å². The Morgan fingerprint density at radius 2 is 1.96 bits per heavy atom. The minimum atomic E-state index is -0.591. The van der Waals surface area contributed by atoms with Crippen LogP contribution >= 0.6 is 15.9 Å². The highest BCUT2D eigenvalue weighted by molar-refractivity contribution is 9.10. The third-order valence-corrected chi connectivity index (χ3v) is 4.20. The normalized spacial score (nSPS) is 17.4. The van der Waals surface area contributed by atoms with E-state index in [1.165, 1.54) is 29.2 Å². The van der Waals surface area contributed by atoms with Crippen molar-refractivity contribution < 1.29 is 14.0 Å². The van der Waals surface area contributed by atoms with Crippen molar-refractivity contribution in [3.05, 3.63) is 58.8 Å². The molecule has 0 aromatic heterocycles. The first-order valence-electron chi connectivity index (χ1n) is 7.18. The van der Waals surface area contributed by atoms with Gasteiger partial charge in [-0.2, -0.15) is 0 Å². The predicted octanol–water partition coefficient (Wildman–Crippen LogP) is 3.72. The molecule has 6 heteroatoms. The van der Waals surface area contributed by atoms with Crippen LogP contribution in [0.25, 0.3) is 0 Å². The second kappa shape index (κ2) is 6.50. The molecule has 1 unspecified atom stereocenters. The van der Waals surface area contributed by atoms with Gasteiger partial charge in [0.25, 0.3) is 0 Å². The number of nitrogens with one attached hydrogen (secondary N) is 1. The minimum absolute atomic E-state index is 0.133. The molecule has 1 atom stereocenters. The molecule has 1 N–H and O–H groups in total. The number of hydrogen-bond acceptors (Lipinski definition) is 2. The smallest absolute Gasteiger partial charge is 0.247 e. The van der Waals surface area contributed by atoms with Gasteiger partial charge in [0.2, 0.25) is 11.8 Å². The van der Waals surface area contributed by atoms with Gasteiger partial charge < -0.3 is 5.32 Å². The minimum Gasteiger partial charge on any atom is -0.324 e. The second-order valence-corrected chi connectivity index (χ2v) is 6.21. The average Bonchev–Trinajstić information content (AvgIpc) is 2.90. The molecule has 1 heterocycles. The van der Waals surface area contributed by atoms with Crippen LogP contribution in [0, 0.1) is 5.82 Å². The van der Waals surface area contributed by atoms with Crippen molar-refractivity contribution in [3.8, 4) is 0 Å². The number of benzene rings is 2. The zero-order chi connectivity index (χ0) is 16.4. The van der Waals surface area contributed by atoms with Crippen LogP contribution in [0.4, 0.5) is 15.8 Å². The van der Waals surface area contributed by atoms with E-state index >= 15 is 0 Å². The van der Waals surface area contributed by atoms with Crippen LogP contribution in [-0.2, 0) is 9.59 Å². The first-order chi connectivity index (χ1) is 11.0. The maximum absolute atomic E-state index is 13.1. The van der Waals surface area contributed by atoms with Crippen molar-refractivity contribution in [2.45, 2.75) is 18.9 Å². The zero-order valence-corrected chi connectivity index (χ0v) is 13.7. The Morgan fingerprint density at radius 3 is 2.65 bits per heavy atom. The highest BCUT2D eigenvalue weighted by atomic mass is 79.9. The molecule has 0 bridgehead atoms. The van der Waals surface area contributed by atoms with Gasteiger partial charge in [-0.15, -0.1) is 0 Å². The van der Waals surface area contributed by atoms with Crippen molar-refractivity contribution in [3.63, 3.8) is 0 Å². The summed E-state index contributed by atoms with van der Waals surface area (Å²) in [4.78, 5) is 26.1. The van der Waals surface area contributed by atoms with E-state index < -0.39 is 6.04 Å². The molecule has 2 amide bonds. The lowest BCUT2D eigenvalue weighted by Gasteiger charge is -2.24. The molecule has 1 fully saturated rings. The Labute approximate surface area is 141 Å². The fraction of sp³-hybridized carbons (Fsp3) is 0.176. The van der Waals surface area contributed by atoms with Gasteiger partial charge in [-0.25, -0.2) is 4.39 Å². The predicted molar refractivity (Wildman–Crippen MR) is 89.7 cm³/mol. The standard InChI is InChI=1S/C17H14BrFN2O2/c18-11-2-1-3-13(10-11)20-17(23)15-8-9-16(22)21(15)14-6-4-12(19)5-7-14/h1-7,10,15H,8-9H2,(H,20,23). The van der Waals surface area contributed by atoms with E-state index in [1.54, 1.807) is 12.1 Å². The Kier molecular flexibility index (Phi) is 4.43. The van der Waals surface area contributed by atoms with E-state index in [2.05, 4.69) is 21.2 Å². The van der Waals surface area contributed by atoms with E-state index in [1.807, 2.05) is 12.1 Å². The molecule has 23 heavy (non-hydrogen) atoms. The maximum atomic E-state index is 13.1. The summed E-state index contributed by atoms with van der Waals surface area (Å²) in [5.74, 6) is -0.764. The van der Waals surface area contributed by atoms with Gasteiger partial charge in [0, 0.05) is 22.3 Å². The second-order valence-electron chi connectivity index (χ2n) is 5.29. The van der Waals surface area contributed by atoms with Gasteiger partial charge in [0.05, 0.1) is 0 Å². The van der Waals surface area contributed by atoms with Crippen molar-refractivity contribution in [2.24, 2.45) is 0 Å². The number of rotatable bonds is 3. The summed E-state index contributed by atoms with van der Waals surface area (Å²) in [6.45, 7) is 0. The van der Waals surface area contributed by atoms with Gasteiger partial charge in [-0.05, 0) is 48.9 Å². The first kappa shape index (κ1) is 15.7. The number of anilines is 2. The van der Waals surface area contributed by atoms with Crippen LogP contribution in [0.1, 0.15) is 12.8 Å². The summed E-state index contributed by atoms with van der Waals surface area (Å²) in [5.41, 5.74) is 1.19. The summed E-state index contributed by atoms with van der Waals surface area (Å²) in [5, 5.41) is 2.82. The molecule has 3 rings (SSSR count). The van der Waals surface area contributed by atoms with E-state index in [0.29, 0.717) is 24.2 Å². The van der Waals surface area contributed by atoms with E-state index in [-0.39, 0.29) is 17.6 Å². The van der Waals surface area contributed by atoms with Crippen LogP contribution in [0.2, 0.25) is 0 Å². The van der Waals surface area contributed by atoms with Gasteiger partial charge in [0.15, 0.2) is 0 Å². The zero-order valence-electron chi connectivity index (χ0n) is 12.1. The van der Waals surface area contributed by atoms with Crippen molar-refractivity contribution >= 4 is 39.1 Å². The molecule has 4 nitrogen and oxygen atoms in total. The van der Waals surface area contributed by atoms with Crippen LogP contribution < -0.4 is 10.2 Å². The maximum Gasteiger partial charge on any atom is 0.247 e. The summed E-state index contributed by atoms with van der Waals surface area (Å²) in [7, 11) is 0. The first-order valence-corrected chi connectivity index (χ1v) is 7.98. The van der Waals surface area contributed by atoms with Crippen LogP contribution in [0.15, 0.2) is 53.0 Å². The average molecular weight is 377 g/mol. The Morgan fingerprint density at radius 1 is 1.22 bits per heavy atom. The topological polar surface area (TPSA) is 49.4 Å². The lowest BCUT2D eigenvalue weighted by molar-refractivity contribution is -0.120. The van der Waals surface area contributed by atoms with Gasteiger partial charge in [-0.3, -0.25) is 14.5 Å². The highest BCUT2D eigenvalue weighted by Crippen LogP contribution is 2.28. The monoisotopic (exact) mass is 376 g/mol. The lowest BCUT2D eigenvalue weighted by Crippen LogP contribution is -2.41. The van der Waals surface area contributed by atoms with Crippen LogP contribution in [-0.4, -0.2) is 17.9 Å². The molecule has 1 aliphatic rings. The molecule has 0 radical (unpaired) electrons. The quantitative estimate of drug-likeness (QED) is 0.887. The number of carbonyl (C=O) groups is 2. The third-order valence-electron chi connectivity index (χ3n) is 3.71. The summed E-state index contributed by atoms with van der Waals surface area (Å²) < 4.78 is 13.9. The Bertz CT molecular complexity index is 749. The molecule has 1 saturated heterocycles. The summed E-state index contributed by atoms with van der Waals surface area (Å²) in [6.07, 6.45) is 0.740. The van der Waals surface area contributed by atoms with Crippen LogP contribution in [0.5, 0.6) is 0 Å². The molecule has 2 aromatic rings. The number of amides is 2. The fourth-order valence-corrected chi connectivity index (χ4v) is 3.05. The highest BCUT2D eigenvalue weighted by Gasteiger charge is 2.37. The molecule has 0 spiro atoms. The number of hydrogen-bond donors (Lipinski definition) is 1. The van der Waals surface area contributed by atoms with Gasteiger partial charge >= 0.3 is 0 Å². The van der Waals surface area contributed by atoms with E-state index in [0.717, 1.165) is 4.47 Å². The Balaban J connectivity index is 1.81. The largest absolute Gasteiger partial charge is 0.324 e. The molecule has 2 aromatic carbocycles. The molecule has 0 aliphatic carbocycles. The third kappa shape index (κ3) is 3.42.